The normalized spacial score (nSPS) is 17.4. The average molecular weight is 441 g/mol. The number of nitrogens with one attached hydrogen (secondary N) is 1. The third kappa shape index (κ3) is 4.83. The van der Waals surface area contributed by atoms with Crippen LogP contribution < -0.4 is 5.32 Å². The van der Waals surface area contributed by atoms with Crippen molar-refractivity contribution in [3.05, 3.63) is 72.6 Å². The SMILES string of the molecule is CN(CC(=O)N1CC(C(=O)Nc2ccccc2)CC1C#N)C(=O)c1ccc2cnccc2c1. The Kier molecular flexibility index (Phi) is 6.31. The molecule has 1 aromatic heterocycles. The van der Waals surface area contributed by atoms with Gasteiger partial charge < -0.3 is 15.1 Å². The quantitative estimate of drug-likeness (QED) is 0.655. The summed E-state index contributed by atoms with van der Waals surface area (Å²) >= 11 is 0. The van der Waals surface area contributed by atoms with Gasteiger partial charge in [0.1, 0.15) is 6.04 Å². The minimum Gasteiger partial charge on any atom is -0.332 e. The van der Waals surface area contributed by atoms with Crippen LogP contribution in [-0.2, 0) is 9.59 Å². The number of carbonyl (C=O) groups is 3. The number of nitriles is 1. The van der Waals surface area contributed by atoms with Crippen molar-refractivity contribution >= 4 is 34.2 Å². The average Bonchev–Trinajstić information content (AvgIpc) is 3.29. The third-order valence-corrected chi connectivity index (χ3v) is 5.79. The number of amides is 3. The number of carbonyl (C=O) groups excluding carboxylic acids is 3. The molecular formula is C25H23N5O3. The molecule has 33 heavy (non-hydrogen) atoms. The van der Waals surface area contributed by atoms with Crippen LogP contribution in [0, 0.1) is 17.2 Å². The van der Waals surface area contributed by atoms with Gasteiger partial charge in [-0.3, -0.25) is 19.4 Å². The van der Waals surface area contributed by atoms with E-state index in [2.05, 4.69) is 16.4 Å². The number of likely N-dealkylation sites (N-methyl/N-ethyl adjacent to an activating group) is 1. The van der Waals surface area contributed by atoms with Crippen LogP contribution in [0.1, 0.15) is 16.8 Å². The summed E-state index contributed by atoms with van der Waals surface area (Å²) in [6.07, 6.45) is 3.64. The molecule has 3 aromatic rings. The number of hydrogen-bond donors (Lipinski definition) is 1. The maximum absolute atomic E-state index is 12.9. The Balaban J connectivity index is 1.40. The van der Waals surface area contributed by atoms with Crippen LogP contribution in [0.15, 0.2) is 67.0 Å². The standard InChI is InChI=1S/C25H23N5O3/c1-29(25(33)18-7-8-19-14-27-10-9-17(19)11-18)16-23(31)30-15-20(12-22(30)13-26)24(32)28-21-5-3-2-4-6-21/h2-11,14,20,22H,12,15-16H2,1H3,(H,28,32). The molecule has 2 aromatic carbocycles. The third-order valence-electron chi connectivity index (χ3n) is 5.79. The minimum atomic E-state index is -0.708. The van der Waals surface area contributed by atoms with Crippen LogP contribution in [0.3, 0.4) is 0 Å². The van der Waals surface area contributed by atoms with E-state index >= 15 is 0 Å². The predicted molar refractivity (Wildman–Crippen MR) is 123 cm³/mol. The van der Waals surface area contributed by atoms with Gasteiger partial charge in [-0.25, -0.2) is 0 Å². The maximum atomic E-state index is 12.9. The summed E-state index contributed by atoms with van der Waals surface area (Å²) in [4.78, 5) is 45.2. The molecule has 0 radical (unpaired) electrons. The zero-order valence-corrected chi connectivity index (χ0v) is 18.1. The highest BCUT2D eigenvalue weighted by molar-refractivity contribution is 6.00. The molecule has 2 unspecified atom stereocenters. The summed E-state index contributed by atoms with van der Waals surface area (Å²) in [6.45, 7) is -0.0425. The number of pyridine rings is 1. The van der Waals surface area contributed by atoms with Crippen LogP contribution in [-0.4, -0.2) is 58.7 Å². The molecule has 1 aliphatic rings. The first-order valence-corrected chi connectivity index (χ1v) is 10.6. The first-order chi connectivity index (χ1) is 16.0. The monoisotopic (exact) mass is 441 g/mol. The van der Waals surface area contributed by atoms with Crippen molar-refractivity contribution in [2.75, 3.05) is 25.5 Å². The van der Waals surface area contributed by atoms with Gasteiger partial charge in [-0.15, -0.1) is 0 Å². The largest absolute Gasteiger partial charge is 0.332 e. The molecular weight excluding hydrogens is 418 g/mol. The van der Waals surface area contributed by atoms with E-state index in [0.29, 0.717) is 11.3 Å². The van der Waals surface area contributed by atoms with E-state index in [9.17, 15) is 19.6 Å². The number of benzene rings is 2. The van der Waals surface area contributed by atoms with Crippen molar-refractivity contribution in [1.29, 1.82) is 5.26 Å². The number of para-hydroxylation sites is 1. The topological polar surface area (TPSA) is 106 Å². The smallest absolute Gasteiger partial charge is 0.254 e. The molecule has 2 heterocycles. The van der Waals surface area contributed by atoms with Gasteiger partial charge in [0.15, 0.2) is 0 Å². The number of anilines is 1. The Labute approximate surface area is 191 Å². The lowest BCUT2D eigenvalue weighted by molar-refractivity contribution is -0.131. The van der Waals surface area contributed by atoms with E-state index < -0.39 is 12.0 Å². The summed E-state index contributed by atoms with van der Waals surface area (Å²) in [6, 6.07) is 17.5. The summed E-state index contributed by atoms with van der Waals surface area (Å²) in [7, 11) is 1.55. The molecule has 0 saturated carbocycles. The number of fused-ring (bicyclic) bond motifs is 1. The van der Waals surface area contributed by atoms with Gasteiger partial charge in [0, 0.05) is 42.6 Å². The van der Waals surface area contributed by atoms with Crippen molar-refractivity contribution in [2.24, 2.45) is 5.92 Å². The Hall–Kier alpha value is -4.25. The van der Waals surface area contributed by atoms with Crippen molar-refractivity contribution in [3.63, 3.8) is 0 Å². The van der Waals surface area contributed by atoms with Gasteiger partial charge in [-0.05, 0) is 42.1 Å². The zero-order chi connectivity index (χ0) is 23.4. The molecule has 0 bridgehead atoms. The van der Waals surface area contributed by atoms with E-state index in [4.69, 9.17) is 0 Å². The second-order valence-corrected chi connectivity index (χ2v) is 8.08. The molecule has 1 aliphatic heterocycles. The lowest BCUT2D eigenvalue weighted by Gasteiger charge is -2.24. The van der Waals surface area contributed by atoms with Crippen molar-refractivity contribution in [3.8, 4) is 6.07 Å². The van der Waals surface area contributed by atoms with Gasteiger partial charge in [0.2, 0.25) is 11.8 Å². The number of aromatic nitrogens is 1. The molecule has 1 saturated heterocycles. The van der Waals surface area contributed by atoms with Gasteiger partial charge in [-0.2, -0.15) is 5.26 Å². The van der Waals surface area contributed by atoms with Crippen LogP contribution in [0.4, 0.5) is 5.69 Å². The molecule has 8 nitrogen and oxygen atoms in total. The van der Waals surface area contributed by atoms with Crippen LogP contribution in [0.2, 0.25) is 0 Å². The van der Waals surface area contributed by atoms with E-state index in [1.165, 1.54) is 9.80 Å². The number of likely N-dealkylation sites (tertiary alicyclic amines) is 1. The lowest BCUT2D eigenvalue weighted by atomic mass is 10.1. The molecule has 1 N–H and O–H groups in total. The highest BCUT2D eigenvalue weighted by atomic mass is 16.2. The number of rotatable bonds is 5. The van der Waals surface area contributed by atoms with Gasteiger partial charge in [-0.1, -0.05) is 24.3 Å². The summed E-state index contributed by atoms with van der Waals surface area (Å²) in [5, 5.41) is 14.2. The maximum Gasteiger partial charge on any atom is 0.254 e. The fourth-order valence-corrected chi connectivity index (χ4v) is 3.99. The van der Waals surface area contributed by atoms with Gasteiger partial charge in [0.05, 0.1) is 18.5 Å². The molecule has 2 atom stereocenters. The second kappa shape index (κ2) is 9.49. The van der Waals surface area contributed by atoms with Crippen molar-refractivity contribution < 1.29 is 14.4 Å². The van der Waals surface area contributed by atoms with E-state index in [1.807, 2.05) is 30.3 Å². The summed E-state index contributed by atoms with van der Waals surface area (Å²) < 4.78 is 0. The van der Waals surface area contributed by atoms with Crippen molar-refractivity contribution in [1.82, 2.24) is 14.8 Å². The van der Waals surface area contributed by atoms with Gasteiger partial charge in [0.25, 0.3) is 5.91 Å². The number of nitrogens with zero attached hydrogens (tertiary/aromatic N) is 4. The first kappa shape index (κ1) is 22.0. The molecule has 166 valence electrons. The fourth-order valence-electron chi connectivity index (χ4n) is 3.99. The highest BCUT2D eigenvalue weighted by Crippen LogP contribution is 2.25. The highest BCUT2D eigenvalue weighted by Gasteiger charge is 2.39. The Bertz CT molecular complexity index is 1240. The molecule has 0 spiro atoms. The second-order valence-electron chi connectivity index (χ2n) is 8.08. The molecule has 4 rings (SSSR count). The van der Waals surface area contributed by atoms with Crippen LogP contribution >= 0.6 is 0 Å². The van der Waals surface area contributed by atoms with Crippen LogP contribution in [0.25, 0.3) is 10.8 Å². The molecule has 1 fully saturated rings. The Morgan fingerprint density at radius 1 is 1.15 bits per heavy atom. The molecule has 0 aliphatic carbocycles. The van der Waals surface area contributed by atoms with Gasteiger partial charge >= 0.3 is 0 Å². The van der Waals surface area contributed by atoms with Crippen molar-refractivity contribution in [2.45, 2.75) is 12.5 Å². The fraction of sp³-hybridized carbons (Fsp3) is 0.240. The Morgan fingerprint density at radius 3 is 2.70 bits per heavy atom. The molecule has 8 heteroatoms. The summed E-state index contributed by atoms with van der Waals surface area (Å²) in [5.41, 5.74) is 1.12. The minimum absolute atomic E-state index is 0.140. The number of hydrogen-bond acceptors (Lipinski definition) is 5. The lowest BCUT2D eigenvalue weighted by Crippen LogP contribution is -2.43. The first-order valence-electron chi connectivity index (χ1n) is 10.6. The van der Waals surface area contributed by atoms with E-state index in [1.54, 1.807) is 43.7 Å². The Morgan fingerprint density at radius 2 is 1.94 bits per heavy atom. The molecule has 3 amide bonds. The zero-order valence-electron chi connectivity index (χ0n) is 18.1. The summed E-state index contributed by atoms with van der Waals surface area (Å²) in [5.74, 6) is -1.38. The van der Waals surface area contributed by atoms with E-state index in [-0.39, 0.29) is 37.2 Å². The van der Waals surface area contributed by atoms with E-state index in [0.717, 1.165) is 10.8 Å². The van der Waals surface area contributed by atoms with Crippen LogP contribution in [0.5, 0.6) is 0 Å². The predicted octanol–water partition coefficient (Wildman–Crippen LogP) is 2.69.